The van der Waals surface area contributed by atoms with E-state index in [1.165, 1.54) is 52.1 Å². The number of alkyl halides is 2. The van der Waals surface area contributed by atoms with Gasteiger partial charge in [-0.3, -0.25) is 9.59 Å². The zero-order valence-electron chi connectivity index (χ0n) is 26.9. The van der Waals surface area contributed by atoms with E-state index in [0.717, 1.165) is 90.6 Å². The molecule has 0 saturated heterocycles. The van der Waals surface area contributed by atoms with Crippen molar-refractivity contribution in [3.8, 4) is 0 Å². The van der Waals surface area contributed by atoms with E-state index in [-0.39, 0.29) is 24.3 Å². The Kier molecular flexibility index (Phi) is 24.7. The van der Waals surface area contributed by atoms with Crippen molar-refractivity contribution in [3.05, 3.63) is 0 Å². The van der Waals surface area contributed by atoms with E-state index >= 15 is 0 Å². The Labute approximate surface area is 246 Å². The first-order valence-corrected chi connectivity index (χ1v) is 16.5. The summed E-state index contributed by atoms with van der Waals surface area (Å²) in [7, 11) is 5.50. The number of esters is 1. The molecule has 0 aliphatic rings. The van der Waals surface area contributed by atoms with Gasteiger partial charge in [0.2, 0.25) is 11.8 Å². The number of hydrogen-bond donors (Lipinski definition) is 0. The van der Waals surface area contributed by atoms with Crippen molar-refractivity contribution in [3.63, 3.8) is 0 Å². The van der Waals surface area contributed by atoms with E-state index in [2.05, 4.69) is 16.7 Å². The number of unbranched alkanes of at least 4 members (excludes halogenated alkanes) is 13. The maximum absolute atomic E-state index is 13.5. The van der Waals surface area contributed by atoms with Gasteiger partial charge >= 0.3 is 5.97 Å². The molecule has 0 aromatic carbocycles. The summed E-state index contributed by atoms with van der Waals surface area (Å²) in [6.07, 6.45) is 21.1. The van der Waals surface area contributed by atoms with Gasteiger partial charge in [0, 0.05) is 31.8 Å². The smallest absolute Gasteiger partial charge is 0.305 e. The lowest BCUT2D eigenvalue weighted by Gasteiger charge is -2.33. The van der Waals surface area contributed by atoms with Crippen molar-refractivity contribution in [2.24, 2.45) is 0 Å². The Balaban J connectivity index is 5.02. The van der Waals surface area contributed by atoms with E-state index in [0.29, 0.717) is 19.3 Å². The summed E-state index contributed by atoms with van der Waals surface area (Å²) in [4.78, 5) is 29.1. The monoisotopic (exact) mass is 574 g/mol. The van der Waals surface area contributed by atoms with Crippen LogP contribution in [0.1, 0.15) is 155 Å². The number of ether oxygens (including phenoxy) is 1. The summed E-state index contributed by atoms with van der Waals surface area (Å²) in [6.45, 7) is 4.87. The third-order valence-electron chi connectivity index (χ3n) is 7.81. The van der Waals surface area contributed by atoms with E-state index in [1.54, 1.807) is 0 Å². The Morgan fingerprint density at radius 1 is 0.700 bits per heavy atom. The molecular weight excluding hydrogens is 510 g/mol. The van der Waals surface area contributed by atoms with Crippen molar-refractivity contribution >= 4 is 11.9 Å². The van der Waals surface area contributed by atoms with Gasteiger partial charge in [-0.05, 0) is 66.1 Å². The van der Waals surface area contributed by atoms with Crippen LogP contribution in [0.3, 0.4) is 0 Å². The standard InChI is InChI=1S/C33H64F2N2O3/c1-6-7-8-9-10-11-12-17-23-30(24-18-13-14-19-26-32(39)40-5)37(31(38)25-22-28-36(3)4)29-21-16-15-20-27-33(2,34)35/h30H,6-29H2,1-5H3. The molecule has 0 aliphatic carbocycles. The van der Waals surface area contributed by atoms with Crippen molar-refractivity contribution in [2.75, 3.05) is 34.3 Å². The predicted octanol–water partition coefficient (Wildman–Crippen LogP) is 9.18. The SMILES string of the molecule is CCCCCCCCCCC(CCCCCCC(=O)OC)N(CCCCCCC(C)(F)F)C(=O)CCCN(C)C. The fraction of sp³-hybridized carbons (Fsp3) is 0.939. The second-order valence-corrected chi connectivity index (χ2v) is 12.2. The summed E-state index contributed by atoms with van der Waals surface area (Å²) >= 11 is 0. The van der Waals surface area contributed by atoms with Gasteiger partial charge in [0.15, 0.2) is 0 Å². The normalized spacial score (nSPS) is 12.6. The van der Waals surface area contributed by atoms with Crippen LogP contribution in [0.15, 0.2) is 0 Å². The summed E-state index contributed by atoms with van der Waals surface area (Å²) in [5.41, 5.74) is 0. The van der Waals surface area contributed by atoms with Crippen LogP contribution in [0.5, 0.6) is 0 Å². The summed E-state index contributed by atoms with van der Waals surface area (Å²) in [5.74, 6) is -2.49. The molecule has 0 aromatic heterocycles. The molecular formula is C33H64F2N2O3. The Morgan fingerprint density at radius 2 is 1.23 bits per heavy atom. The highest BCUT2D eigenvalue weighted by atomic mass is 19.3. The van der Waals surface area contributed by atoms with Crippen LogP contribution in [-0.4, -0.2) is 67.9 Å². The molecule has 7 heteroatoms. The molecule has 0 rings (SSSR count). The van der Waals surface area contributed by atoms with Crippen LogP contribution in [0.25, 0.3) is 0 Å². The fourth-order valence-electron chi connectivity index (χ4n) is 5.35. The molecule has 5 nitrogen and oxygen atoms in total. The summed E-state index contributed by atoms with van der Waals surface area (Å²) in [5, 5.41) is 0. The highest BCUT2D eigenvalue weighted by Crippen LogP contribution is 2.23. The average molecular weight is 575 g/mol. The molecule has 40 heavy (non-hydrogen) atoms. The number of nitrogens with zero attached hydrogens (tertiary/aromatic N) is 2. The molecule has 0 aliphatic heterocycles. The van der Waals surface area contributed by atoms with Gasteiger partial charge < -0.3 is 14.5 Å². The molecule has 1 atom stereocenters. The van der Waals surface area contributed by atoms with Crippen molar-refractivity contribution in [1.29, 1.82) is 0 Å². The second kappa shape index (κ2) is 25.5. The van der Waals surface area contributed by atoms with Crippen LogP contribution in [-0.2, 0) is 14.3 Å². The van der Waals surface area contributed by atoms with Crippen LogP contribution >= 0.6 is 0 Å². The molecule has 1 unspecified atom stereocenters. The lowest BCUT2D eigenvalue weighted by molar-refractivity contribution is -0.140. The lowest BCUT2D eigenvalue weighted by Crippen LogP contribution is -2.41. The van der Waals surface area contributed by atoms with Gasteiger partial charge in [0.25, 0.3) is 0 Å². The lowest BCUT2D eigenvalue weighted by atomic mass is 9.97. The zero-order valence-corrected chi connectivity index (χ0v) is 26.9. The highest BCUT2D eigenvalue weighted by Gasteiger charge is 2.23. The minimum absolute atomic E-state index is 0.0583. The van der Waals surface area contributed by atoms with Crippen LogP contribution < -0.4 is 0 Å². The molecule has 0 fully saturated rings. The van der Waals surface area contributed by atoms with Gasteiger partial charge in [-0.15, -0.1) is 0 Å². The second-order valence-electron chi connectivity index (χ2n) is 12.2. The zero-order chi connectivity index (χ0) is 30.1. The number of carbonyl (C=O) groups excluding carboxylic acids is 2. The maximum Gasteiger partial charge on any atom is 0.305 e. The van der Waals surface area contributed by atoms with E-state index in [4.69, 9.17) is 4.74 Å². The van der Waals surface area contributed by atoms with Gasteiger partial charge in [0.1, 0.15) is 0 Å². The Bertz CT molecular complexity index is 611. The highest BCUT2D eigenvalue weighted by molar-refractivity contribution is 5.76. The molecule has 0 spiro atoms. The Morgan fingerprint density at radius 3 is 1.77 bits per heavy atom. The van der Waals surface area contributed by atoms with Crippen LogP contribution in [0.4, 0.5) is 8.78 Å². The van der Waals surface area contributed by atoms with Gasteiger partial charge in [-0.1, -0.05) is 90.4 Å². The Hall–Kier alpha value is -1.24. The topological polar surface area (TPSA) is 49.9 Å². The predicted molar refractivity (Wildman–Crippen MR) is 164 cm³/mol. The van der Waals surface area contributed by atoms with Gasteiger partial charge in [-0.2, -0.15) is 0 Å². The van der Waals surface area contributed by atoms with Crippen molar-refractivity contribution in [2.45, 2.75) is 167 Å². The number of hydrogen-bond acceptors (Lipinski definition) is 4. The average Bonchev–Trinajstić information content (AvgIpc) is 2.89. The molecule has 238 valence electrons. The third kappa shape index (κ3) is 24.5. The van der Waals surface area contributed by atoms with Crippen molar-refractivity contribution in [1.82, 2.24) is 9.80 Å². The minimum atomic E-state index is -2.59. The number of methoxy groups -OCH3 is 1. The number of halogens is 2. The van der Waals surface area contributed by atoms with Gasteiger partial charge in [-0.25, -0.2) is 8.78 Å². The molecule has 0 bridgehead atoms. The molecule has 0 N–H and O–H groups in total. The van der Waals surface area contributed by atoms with Gasteiger partial charge in [0.05, 0.1) is 7.11 Å². The first-order chi connectivity index (χ1) is 19.1. The fourth-order valence-corrected chi connectivity index (χ4v) is 5.35. The molecule has 1 amide bonds. The largest absolute Gasteiger partial charge is 0.469 e. The number of carbonyl (C=O) groups is 2. The quantitative estimate of drug-likeness (QED) is 0.0690. The third-order valence-corrected chi connectivity index (χ3v) is 7.81. The van der Waals surface area contributed by atoms with Crippen LogP contribution in [0, 0.1) is 0 Å². The van der Waals surface area contributed by atoms with E-state index in [9.17, 15) is 18.4 Å². The summed E-state index contributed by atoms with van der Waals surface area (Å²) < 4.78 is 31.1. The minimum Gasteiger partial charge on any atom is -0.469 e. The van der Waals surface area contributed by atoms with E-state index < -0.39 is 5.92 Å². The molecule has 0 saturated carbocycles. The number of amides is 1. The van der Waals surface area contributed by atoms with Crippen molar-refractivity contribution < 1.29 is 23.1 Å². The van der Waals surface area contributed by atoms with E-state index in [1.807, 2.05) is 14.1 Å². The summed E-state index contributed by atoms with van der Waals surface area (Å²) in [6, 6.07) is 0.243. The molecule has 0 heterocycles. The first kappa shape index (κ1) is 38.8. The molecule has 0 aromatic rings. The molecule has 0 radical (unpaired) electrons. The van der Waals surface area contributed by atoms with Crippen LogP contribution in [0.2, 0.25) is 0 Å². The maximum atomic E-state index is 13.5. The first-order valence-electron chi connectivity index (χ1n) is 16.5. The number of rotatable bonds is 28.